The highest BCUT2D eigenvalue weighted by Crippen LogP contribution is 2.34. The van der Waals surface area contributed by atoms with Gasteiger partial charge in [-0.25, -0.2) is 8.42 Å². The average molecular weight is 330 g/mol. The summed E-state index contributed by atoms with van der Waals surface area (Å²) in [6.07, 6.45) is 1.87. The van der Waals surface area contributed by atoms with Gasteiger partial charge in [-0.2, -0.15) is 0 Å². The van der Waals surface area contributed by atoms with Gasteiger partial charge in [0.15, 0.2) is 0 Å². The van der Waals surface area contributed by atoms with E-state index in [1.807, 2.05) is 31.2 Å². The molecule has 0 aliphatic carbocycles. The fourth-order valence-corrected chi connectivity index (χ4v) is 3.54. The topological polar surface area (TPSA) is 66.5 Å². The number of sulfonamides is 1. The Kier molecular flexibility index (Phi) is 3.85. The lowest BCUT2D eigenvalue weighted by Gasteiger charge is -2.24. The zero-order chi connectivity index (χ0) is 16.6. The molecular weight excluding hydrogens is 312 g/mol. The van der Waals surface area contributed by atoms with Crippen LogP contribution in [0.2, 0.25) is 0 Å². The van der Waals surface area contributed by atoms with Crippen molar-refractivity contribution in [2.24, 2.45) is 0 Å². The van der Waals surface area contributed by atoms with Crippen LogP contribution in [0.5, 0.6) is 0 Å². The number of nitrogens with one attached hydrogen (secondary N) is 1. The number of fused-ring (bicyclic) bond motifs is 1. The molecule has 6 heteroatoms. The van der Waals surface area contributed by atoms with Crippen LogP contribution in [0.25, 0.3) is 0 Å². The van der Waals surface area contributed by atoms with E-state index >= 15 is 0 Å². The first-order valence-electron chi connectivity index (χ1n) is 7.35. The van der Waals surface area contributed by atoms with Crippen molar-refractivity contribution in [1.82, 2.24) is 0 Å². The Morgan fingerprint density at radius 2 is 1.78 bits per heavy atom. The number of para-hydroxylation sites is 2. The van der Waals surface area contributed by atoms with Crippen molar-refractivity contribution < 1.29 is 13.2 Å². The van der Waals surface area contributed by atoms with Crippen molar-refractivity contribution in [2.75, 3.05) is 15.9 Å². The number of rotatable bonds is 3. The van der Waals surface area contributed by atoms with E-state index in [4.69, 9.17) is 0 Å². The number of hydrogen-bond acceptors (Lipinski definition) is 3. The Morgan fingerprint density at radius 3 is 2.52 bits per heavy atom. The van der Waals surface area contributed by atoms with Gasteiger partial charge >= 0.3 is 0 Å². The number of amides is 1. The van der Waals surface area contributed by atoms with Crippen LogP contribution in [0.15, 0.2) is 48.5 Å². The number of nitrogens with zero attached hydrogens (tertiary/aromatic N) is 1. The number of anilines is 2. The molecule has 2 aromatic rings. The number of benzene rings is 2. The van der Waals surface area contributed by atoms with E-state index in [1.54, 1.807) is 29.2 Å². The fraction of sp³-hybridized carbons (Fsp3) is 0.235. The Labute approximate surface area is 136 Å². The van der Waals surface area contributed by atoms with E-state index in [9.17, 15) is 13.2 Å². The van der Waals surface area contributed by atoms with Gasteiger partial charge in [0.1, 0.15) is 0 Å². The summed E-state index contributed by atoms with van der Waals surface area (Å²) in [7, 11) is -3.45. The van der Waals surface area contributed by atoms with Crippen LogP contribution >= 0.6 is 0 Å². The second kappa shape index (κ2) is 5.70. The summed E-state index contributed by atoms with van der Waals surface area (Å²) in [5.74, 6) is -0.200. The normalized spacial score (nSPS) is 17.0. The summed E-state index contributed by atoms with van der Waals surface area (Å²) in [6.45, 7) is 1.99. The molecule has 0 saturated heterocycles. The lowest BCUT2D eigenvalue weighted by molar-refractivity contribution is 0.0982. The minimum Gasteiger partial charge on any atom is -0.305 e. The minimum absolute atomic E-state index is 0.0335. The molecule has 5 nitrogen and oxygen atoms in total. The third-order valence-electron chi connectivity index (χ3n) is 3.88. The van der Waals surface area contributed by atoms with Crippen LogP contribution in [-0.4, -0.2) is 26.6 Å². The SMILES string of the molecule is C[C@@H]1Cc2ccccc2N1C(=O)c1ccccc1NS(C)(=O)=O. The van der Waals surface area contributed by atoms with Gasteiger partial charge in [-0.05, 0) is 37.1 Å². The maximum absolute atomic E-state index is 13.0. The van der Waals surface area contributed by atoms with Crippen molar-refractivity contribution in [3.8, 4) is 0 Å². The third-order valence-corrected chi connectivity index (χ3v) is 4.47. The van der Waals surface area contributed by atoms with Crippen LogP contribution in [0, 0.1) is 0 Å². The summed E-state index contributed by atoms with van der Waals surface area (Å²) in [4.78, 5) is 14.8. The molecule has 1 aliphatic rings. The summed E-state index contributed by atoms with van der Waals surface area (Å²) in [5, 5.41) is 0. The molecule has 0 aromatic heterocycles. The lowest BCUT2D eigenvalue weighted by atomic mass is 10.1. The van der Waals surface area contributed by atoms with Gasteiger partial charge in [-0.15, -0.1) is 0 Å². The van der Waals surface area contributed by atoms with Crippen molar-refractivity contribution in [2.45, 2.75) is 19.4 Å². The van der Waals surface area contributed by atoms with E-state index < -0.39 is 10.0 Å². The highest BCUT2D eigenvalue weighted by atomic mass is 32.2. The molecular formula is C17H18N2O3S. The molecule has 1 amide bonds. The van der Waals surface area contributed by atoms with Gasteiger partial charge in [0.05, 0.1) is 17.5 Å². The molecule has 1 heterocycles. The molecule has 0 spiro atoms. The highest BCUT2D eigenvalue weighted by molar-refractivity contribution is 7.92. The van der Waals surface area contributed by atoms with Gasteiger partial charge < -0.3 is 4.90 Å². The molecule has 2 aromatic carbocycles. The van der Waals surface area contributed by atoms with Crippen molar-refractivity contribution in [1.29, 1.82) is 0 Å². The standard InChI is InChI=1S/C17H18N2O3S/c1-12-11-13-7-3-6-10-16(13)19(12)17(20)14-8-4-5-9-15(14)18-23(2,21)22/h3-10,12,18H,11H2,1-2H3/t12-/m1/s1. The number of hydrogen-bond donors (Lipinski definition) is 1. The fourth-order valence-electron chi connectivity index (χ4n) is 2.96. The van der Waals surface area contributed by atoms with Gasteiger partial charge in [-0.1, -0.05) is 30.3 Å². The van der Waals surface area contributed by atoms with Crippen molar-refractivity contribution >= 4 is 27.3 Å². The summed E-state index contributed by atoms with van der Waals surface area (Å²) >= 11 is 0. The van der Waals surface area contributed by atoms with E-state index in [-0.39, 0.29) is 11.9 Å². The minimum atomic E-state index is -3.45. The second-order valence-corrected chi connectivity index (χ2v) is 7.53. The van der Waals surface area contributed by atoms with E-state index in [1.165, 1.54) is 0 Å². The van der Waals surface area contributed by atoms with Gasteiger partial charge in [0.25, 0.3) is 5.91 Å². The van der Waals surface area contributed by atoms with Crippen LogP contribution in [-0.2, 0) is 16.4 Å². The maximum Gasteiger partial charge on any atom is 0.260 e. The van der Waals surface area contributed by atoms with Crippen molar-refractivity contribution in [3.05, 3.63) is 59.7 Å². The molecule has 0 bridgehead atoms. The van der Waals surface area contributed by atoms with E-state index in [2.05, 4.69) is 4.72 Å². The second-order valence-electron chi connectivity index (χ2n) is 5.78. The Hall–Kier alpha value is -2.34. The molecule has 1 aliphatic heterocycles. The zero-order valence-corrected chi connectivity index (χ0v) is 13.8. The predicted octanol–water partition coefficient (Wildman–Crippen LogP) is 2.65. The first-order valence-corrected chi connectivity index (χ1v) is 9.24. The largest absolute Gasteiger partial charge is 0.305 e. The molecule has 1 atom stereocenters. The van der Waals surface area contributed by atoms with E-state index in [0.29, 0.717) is 11.3 Å². The summed E-state index contributed by atoms with van der Waals surface area (Å²) in [5.41, 5.74) is 2.67. The predicted molar refractivity (Wildman–Crippen MR) is 91.3 cm³/mol. The first-order chi connectivity index (χ1) is 10.9. The Morgan fingerprint density at radius 1 is 1.13 bits per heavy atom. The summed E-state index contributed by atoms with van der Waals surface area (Å²) in [6, 6.07) is 14.5. The van der Waals surface area contributed by atoms with Crippen LogP contribution in [0.1, 0.15) is 22.8 Å². The van der Waals surface area contributed by atoms with Crippen LogP contribution < -0.4 is 9.62 Å². The molecule has 3 rings (SSSR count). The molecule has 120 valence electrons. The third kappa shape index (κ3) is 3.07. The molecule has 23 heavy (non-hydrogen) atoms. The molecule has 0 unspecified atom stereocenters. The maximum atomic E-state index is 13.0. The van der Waals surface area contributed by atoms with Crippen LogP contribution in [0.4, 0.5) is 11.4 Å². The first kappa shape index (κ1) is 15.6. The van der Waals surface area contributed by atoms with Gasteiger partial charge in [0, 0.05) is 11.7 Å². The average Bonchev–Trinajstić information content (AvgIpc) is 2.81. The molecule has 0 saturated carbocycles. The Bertz CT molecular complexity index is 862. The number of carbonyl (C=O) groups excluding carboxylic acids is 1. The highest BCUT2D eigenvalue weighted by Gasteiger charge is 2.32. The van der Waals surface area contributed by atoms with Crippen LogP contribution in [0.3, 0.4) is 0 Å². The summed E-state index contributed by atoms with van der Waals surface area (Å²) < 4.78 is 25.5. The van der Waals surface area contributed by atoms with Gasteiger partial charge in [0.2, 0.25) is 10.0 Å². The lowest BCUT2D eigenvalue weighted by Crippen LogP contribution is -2.36. The molecule has 0 radical (unpaired) electrons. The zero-order valence-electron chi connectivity index (χ0n) is 13.0. The van der Waals surface area contributed by atoms with Crippen molar-refractivity contribution in [3.63, 3.8) is 0 Å². The Balaban J connectivity index is 2.02. The monoisotopic (exact) mass is 330 g/mol. The quantitative estimate of drug-likeness (QED) is 0.941. The smallest absolute Gasteiger partial charge is 0.260 e. The van der Waals surface area contributed by atoms with E-state index in [0.717, 1.165) is 23.9 Å². The van der Waals surface area contributed by atoms with Gasteiger partial charge in [-0.3, -0.25) is 9.52 Å². The number of carbonyl (C=O) groups is 1. The molecule has 0 fully saturated rings. The molecule has 1 N–H and O–H groups in total.